The average molecular weight is 677 g/mol. The number of ether oxygens (including phenoxy) is 3. The van der Waals surface area contributed by atoms with E-state index in [4.69, 9.17) is 41.4 Å². The Bertz CT molecular complexity index is 1410. The van der Waals surface area contributed by atoms with Crippen molar-refractivity contribution in [2.45, 2.75) is 60.9 Å². The number of nitrogen functional groups attached to an aromatic ring is 1. The third-order valence-corrected chi connectivity index (χ3v) is 10.3. The zero-order valence-corrected chi connectivity index (χ0v) is 24.7. The first-order chi connectivity index (χ1) is 20.1. The van der Waals surface area contributed by atoms with Crippen LogP contribution in [0.5, 0.6) is 0 Å². The van der Waals surface area contributed by atoms with Crippen LogP contribution >= 0.6 is 14.5 Å². The number of anilines is 1. The number of halogens is 1. The molecule has 2 aromatic heterocycles. The maximum absolute atomic E-state index is 14.0. The van der Waals surface area contributed by atoms with Gasteiger partial charge in [-0.05, 0) is 11.8 Å². The predicted octanol–water partition coefficient (Wildman–Crippen LogP) is -2.26. The number of hydrogen-bond acceptors (Lipinski definition) is 17. The summed E-state index contributed by atoms with van der Waals surface area (Å²) >= 11 is 4.78. The number of phosphoric acid groups is 1. The van der Waals surface area contributed by atoms with Crippen molar-refractivity contribution in [1.82, 2.24) is 19.5 Å². The summed E-state index contributed by atoms with van der Waals surface area (Å²) in [5, 5.41) is 50.0. The molecule has 0 aliphatic carbocycles. The van der Waals surface area contributed by atoms with Crippen LogP contribution in [0.25, 0.3) is 11.2 Å². The summed E-state index contributed by atoms with van der Waals surface area (Å²) in [6.07, 6.45) is -13.2. The van der Waals surface area contributed by atoms with E-state index in [-0.39, 0.29) is 17.0 Å². The lowest BCUT2D eigenvalue weighted by atomic mass is 9.94. The number of nitrogens with two attached hydrogens (primary N) is 1. The van der Waals surface area contributed by atoms with Gasteiger partial charge in [0, 0.05) is 7.11 Å². The molecule has 0 spiro atoms. The number of aromatic nitrogens is 4. The van der Waals surface area contributed by atoms with Gasteiger partial charge in [0.1, 0.15) is 48.5 Å². The van der Waals surface area contributed by atoms with Gasteiger partial charge in [0.15, 0.2) is 35.8 Å². The van der Waals surface area contributed by atoms with Crippen LogP contribution in [0.3, 0.4) is 0 Å². The summed E-state index contributed by atoms with van der Waals surface area (Å²) in [7, 11) is -4.24. The molecule has 19 nitrogen and oxygen atoms in total. The molecule has 0 radical (unpaired) electrons. The number of methoxy groups -OCH3 is 1. The normalized spacial score (nSPS) is 36.7. The summed E-state index contributed by atoms with van der Waals surface area (Å²) in [5.41, 5.74) is 4.64. The Balaban J connectivity index is 1.46. The minimum atomic E-state index is -5.50. The summed E-state index contributed by atoms with van der Waals surface area (Å²) in [6.45, 7) is -2.92. The molecular formula is C20H30FN5O14P2S. The van der Waals surface area contributed by atoms with E-state index in [0.29, 0.717) is 0 Å². The van der Waals surface area contributed by atoms with Gasteiger partial charge in [-0.15, -0.1) is 0 Å². The monoisotopic (exact) mass is 677 g/mol. The number of fused-ring (bicyclic) bond motifs is 1. The van der Waals surface area contributed by atoms with Gasteiger partial charge in [-0.1, -0.05) is 12.7 Å². The Kier molecular flexibility index (Phi) is 10.4. The maximum atomic E-state index is 14.0. The first kappa shape index (κ1) is 34.3. The quantitative estimate of drug-likeness (QED) is 0.0869. The van der Waals surface area contributed by atoms with Crippen LogP contribution in [0.1, 0.15) is 6.23 Å². The number of hydrogen-bond donors (Lipinski definition) is 8. The predicted molar refractivity (Wildman–Crippen MR) is 143 cm³/mol. The van der Waals surface area contributed by atoms with Gasteiger partial charge in [-0.3, -0.25) is 9.09 Å². The highest BCUT2D eigenvalue weighted by molar-refractivity contribution is 8.08. The molecule has 0 bridgehead atoms. The molecule has 0 saturated carbocycles. The second kappa shape index (κ2) is 13.0. The SMILES string of the molecule is C=C[C@@]1(OC)[C@H](O)[C@@H](COP(O)(=S)OP(=O)(O)OC2OC([C@@H](F)CO)C(O)C(O)C2O)O[C@H]1n1cnc2c(N)ncnc21. The molecule has 2 saturated heterocycles. The molecule has 12 atom stereocenters. The number of alkyl halides is 1. The third kappa shape index (κ3) is 6.68. The Morgan fingerprint density at radius 1 is 1.23 bits per heavy atom. The topological polar surface area (TPSA) is 284 Å². The molecule has 7 unspecified atom stereocenters. The standard InChI is InChI=1S/C20H30FN5O14P2S/c1-3-20(35-2)15(31)9(37-19(20)26-7-25-10-16(22)23-6-24-17(10)26)5-36-42(34,43)40-41(32,33)39-18-13(30)11(28)12(29)14(38-18)8(21)4-27/h3,6-9,11-15,18-19,27-31H,1,4-5H2,2H3,(H,32,33)(H,34,43)(H2,22,23,24)/t8-,9+,11?,12?,13?,14?,15+,18?,19+,20+,42?/m0/s1. The Labute approximate surface area is 247 Å². The zero-order valence-electron chi connectivity index (χ0n) is 22.1. The molecule has 0 aromatic carbocycles. The van der Waals surface area contributed by atoms with Crippen LogP contribution in [-0.4, -0.2) is 130 Å². The Morgan fingerprint density at radius 2 is 1.93 bits per heavy atom. The number of aliphatic hydroxyl groups excluding tert-OH is 5. The van der Waals surface area contributed by atoms with E-state index >= 15 is 0 Å². The molecule has 9 N–H and O–H groups in total. The van der Waals surface area contributed by atoms with Crippen LogP contribution in [0.2, 0.25) is 0 Å². The number of phosphoric ester groups is 1. The molecule has 23 heteroatoms. The number of nitrogens with zero attached hydrogens (tertiary/aromatic N) is 4. The molecular weight excluding hydrogens is 647 g/mol. The van der Waals surface area contributed by atoms with Crippen molar-refractivity contribution < 1.29 is 71.8 Å². The lowest BCUT2D eigenvalue weighted by Crippen LogP contribution is -2.60. The number of aliphatic hydroxyl groups is 5. The zero-order chi connectivity index (χ0) is 31.9. The van der Waals surface area contributed by atoms with Gasteiger partial charge in [-0.2, -0.15) is 0 Å². The minimum Gasteiger partial charge on any atom is -0.393 e. The van der Waals surface area contributed by atoms with Crippen LogP contribution in [-0.2, 0) is 43.9 Å². The van der Waals surface area contributed by atoms with E-state index in [1.807, 2.05) is 0 Å². The van der Waals surface area contributed by atoms with Crippen LogP contribution < -0.4 is 5.73 Å². The molecule has 2 aliphatic rings. The molecule has 4 rings (SSSR count). The highest BCUT2D eigenvalue weighted by atomic mass is 32.5. The molecule has 0 amide bonds. The van der Waals surface area contributed by atoms with E-state index in [9.17, 15) is 39.2 Å². The van der Waals surface area contributed by atoms with Crippen molar-refractivity contribution in [2.24, 2.45) is 0 Å². The second-order valence-electron chi connectivity index (χ2n) is 9.38. The van der Waals surface area contributed by atoms with E-state index in [2.05, 4.69) is 30.4 Å². The smallest absolute Gasteiger partial charge is 0.393 e. The second-order valence-corrected chi connectivity index (χ2v) is 13.8. The molecule has 4 heterocycles. The fourth-order valence-corrected chi connectivity index (χ4v) is 7.70. The summed E-state index contributed by atoms with van der Waals surface area (Å²) < 4.78 is 58.6. The molecule has 2 fully saturated rings. The highest BCUT2D eigenvalue weighted by Crippen LogP contribution is 2.62. The molecule has 242 valence electrons. The van der Waals surface area contributed by atoms with Crippen LogP contribution in [0.15, 0.2) is 25.3 Å². The van der Waals surface area contributed by atoms with Gasteiger partial charge in [0.2, 0.25) is 0 Å². The first-order valence-corrected chi connectivity index (χ1v) is 16.3. The Morgan fingerprint density at radius 3 is 2.56 bits per heavy atom. The van der Waals surface area contributed by atoms with Crippen molar-refractivity contribution in [1.29, 1.82) is 0 Å². The molecule has 43 heavy (non-hydrogen) atoms. The van der Waals surface area contributed by atoms with Crippen molar-refractivity contribution in [3.63, 3.8) is 0 Å². The highest BCUT2D eigenvalue weighted by Gasteiger charge is 2.57. The van der Waals surface area contributed by atoms with Gasteiger partial charge >= 0.3 is 14.5 Å². The van der Waals surface area contributed by atoms with E-state index in [1.165, 1.54) is 30.4 Å². The van der Waals surface area contributed by atoms with Gasteiger partial charge in [0.05, 0.1) is 19.5 Å². The first-order valence-electron chi connectivity index (χ1n) is 12.2. The lowest BCUT2D eigenvalue weighted by molar-refractivity contribution is -0.287. The number of imidazole rings is 1. The molecule has 2 aromatic rings. The van der Waals surface area contributed by atoms with E-state index in [0.717, 1.165) is 0 Å². The van der Waals surface area contributed by atoms with Gasteiger partial charge in [-0.25, -0.2) is 28.2 Å². The minimum absolute atomic E-state index is 0.0721. The van der Waals surface area contributed by atoms with Crippen molar-refractivity contribution in [3.8, 4) is 0 Å². The van der Waals surface area contributed by atoms with Crippen molar-refractivity contribution in [3.05, 3.63) is 25.3 Å². The van der Waals surface area contributed by atoms with E-state index in [1.54, 1.807) is 0 Å². The summed E-state index contributed by atoms with van der Waals surface area (Å²) in [6, 6.07) is 0. The van der Waals surface area contributed by atoms with Crippen LogP contribution in [0, 0.1) is 0 Å². The van der Waals surface area contributed by atoms with Crippen LogP contribution in [0.4, 0.5) is 10.2 Å². The summed E-state index contributed by atoms with van der Waals surface area (Å²) in [4.78, 5) is 32.8. The summed E-state index contributed by atoms with van der Waals surface area (Å²) in [5.74, 6) is 0.0721. The maximum Gasteiger partial charge on any atom is 0.481 e. The van der Waals surface area contributed by atoms with Crippen molar-refractivity contribution in [2.75, 3.05) is 26.1 Å². The van der Waals surface area contributed by atoms with Crippen molar-refractivity contribution >= 4 is 43.3 Å². The largest absolute Gasteiger partial charge is 0.481 e. The van der Waals surface area contributed by atoms with E-state index < -0.39 is 88.7 Å². The lowest BCUT2D eigenvalue weighted by Gasteiger charge is -2.41. The fraction of sp³-hybridized carbons (Fsp3) is 0.650. The Hall–Kier alpha value is -1.62. The average Bonchev–Trinajstić information content (AvgIpc) is 3.50. The van der Waals surface area contributed by atoms with Gasteiger partial charge < -0.3 is 59.8 Å². The molecule has 2 aliphatic heterocycles. The third-order valence-electron chi connectivity index (χ3n) is 6.80. The fourth-order valence-electron chi connectivity index (χ4n) is 4.60. The van der Waals surface area contributed by atoms with Gasteiger partial charge in [0.25, 0.3) is 0 Å². The number of rotatable bonds is 12.